The molecule has 1 aromatic rings. The molecule has 1 rings (SSSR count). The molecule has 0 heterocycles. The van der Waals surface area contributed by atoms with Crippen molar-refractivity contribution in [1.82, 2.24) is 5.32 Å². The number of thioether (sulfide) groups is 1. The van der Waals surface area contributed by atoms with E-state index in [1.54, 1.807) is 36.0 Å². The van der Waals surface area contributed by atoms with E-state index in [9.17, 15) is 5.11 Å². The predicted molar refractivity (Wildman–Crippen MR) is 83.1 cm³/mol. The van der Waals surface area contributed by atoms with Gasteiger partial charge in [-0.2, -0.15) is 17.0 Å². The molecule has 2 N–H and O–H groups in total. The molecule has 0 radical (unpaired) electrons. The second kappa shape index (κ2) is 8.15. The van der Waals surface area contributed by atoms with Crippen molar-refractivity contribution in [1.29, 1.82) is 5.26 Å². The number of nitriles is 1. The largest absolute Gasteiger partial charge is 0.491 e. The minimum atomic E-state index is -0.571. The van der Waals surface area contributed by atoms with Crippen molar-refractivity contribution in [3.8, 4) is 11.8 Å². The van der Waals surface area contributed by atoms with Crippen LogP contribution in [0.15, 0.2) is 24.3 Å². The molecule has 4 nitrogen and oxygen atoms in total. The molecule has 0 amide bonds. The maximum absolute atomic E-state index is 9.85. The normalized spacial score (nSPS) is 12.8. The smallest absolute Gasteiger partial charge is 0.120 e. The molecule has 0 aliphatic heterocycles. The van der Waals surface area contributed by atoms with Gasteiger partial charge in [-0.25, -0.2) is 0 Å². The molecule has 0 aliphatic rings. The standard InChI is InChI=1S/C15H22N2O2S/c1-15(2,20-3)11-17-9-13(18)10-19-14-6-4-5-12(7-14)8-16/h4-7,13,17-18H,9-11H2,1-3H3. The maximum atomic E-state index is 9.85. The fourth-order valence-corrected chi connectivity index (χ4v) is 1.77. The third-order valence-corrected chi connectivity index (χ3v) is 4.14. The highest BCUT2D eigenvalue weighted by atomic mass is 32.2. The van der Waals surface area contributed by atoms with Crippen LogP contribution >= 0.6 is 11.8 Å². The van der Waals surface area contributed by atoms with Gasteiger partial charge in [0.2, 0.25) is 0 Å². The molecule has 110 valence electrons. The zero-order valence-corrected chi connectivity index (χ0v) is 13.0. The lowest BCUT2D eigenvalue weighted by Gasteiger charge is -2.23. The number of rotatable bonds is 8. The molecule has 0 aromatic heterocycles. The quantitative estimate of drug-likeness (QED) is 0.768. The highest BCUT2D eigenvalue weighted by molar-refractivity contribution is 7.99. The van der Waals surface area contributed by atoms with E-state index in [2.05, 4.69) is 31.5 Å². The lowest BCUT2D eigenvalue weighted by Crippen LogP contribution is -2.38. The molecule has 5 heteroatoms. The van der Waals surface area contributed by atoms with Crippen molar-refractivity contribution < 1.29 is 9.84 Å². The average molecular weight is 294 g/mol. The third kappa shape index (κ3) is 6.29. The van der Waals surface area contributed by atoms with Gasteiger partial charge in [-0.1, -0.05) is 6.07 Å². The van der Waals surface area contributed by atoms with E-state index in [0.29, 0.717) is 17.9 Å². The summed E-state index contributed by atoms with van der Waals surface area (Å²) in [4.78, 5) is 0. The van der Waals surface area contributed by atoms with Crippen LogP contribution in [0.25, 0.3) is 0 Å². The lowest BCUT2D eigenvalue weighted by molar-refractivity contribution is 0.106. The fraction of sp³-hybridized carbons (Fsp3) is 0.533. The number of ether oxygens (including phenoxy) is 1. The summed E-state index contributed by atoms with van der Waals surface area (Å²) >= 11 is 1.79. The van der Waals surface area contributed by atoms with Crippen LogP contribution < -0.4 is 10.1 Å². The van der Waals surface area contributed by atoms with Gasteiger partial charge in [0, 0.05) is 17.8 Å². The van der Waals surface area contributed by atoms with Gasteiger partial charge in [-0.15, -0.1) is 0 Å². The number of nitrogens with one attached hydrogen (secondary N) is 1. The summed E-state index contributed by atoms with van der Waals surface area (Å²) in [5.41, 5.74) is 0.553. The van der Waals surface area contributed by atoms with Gasteiger partial charge in [0.1, 0.15) is 18.5 Å². The second-order valence-electron chi connectivity index (χ2n) is 5.20. The Morgan fingerprint density at radius 1 is 1.50 bits per heavy atom. The topological polar surface area (TPSA) is 65.3 Å². The molecule has 20 heavy (non-hydrogen) atoms. The van der Waals surface area contributed by atoms with E-state index in [-0.39, 0.29) is 11.4 Å². The molecule has 0 bridgehead atoms. The molecular formula is C15H22N2O2S. The Balaban J connectivity index is 2.29. The van der Waals surface area contributed by atoms with Crippen LogP contribution in [-0.4, -0.2) is 41.9 Å². The number of hydrogen-bond acceptors (Lipinski definition) is 5. The second-order valence-corrected chi connectivity index (χ2v) is 6.71. The van der Waals surface area contributed by atoms with Crippen molar-refractivity contribution in [3.63, 3.8) is 0 Å². The zero-order chi connectivity index (χ0) is 15.0. The fourth-order valence-electron chi connectivity index (χ4n) is 1.52. The Labute approximate surface area is 125 Å². The van der Waals surface area contributed by atoms with Crippen LogP contribution in [0.3, 0.4) is 0 Å². The van der Waals surface area contributed by atoms with Crippen molar-refractivity contribution in [2.24, 2.45) is 0 Å². The number of benzene rings is 1. The summed E-state index contributed by atoms with van der Waals surface area (Å²) in [7, 11) is 0. The molecule has 0 fully saturated rings. The molecule has 0 spiro atoms. The van der Waals surface area contributed by atoms with Gasteiger partial charge < -0.3 is 15.2 Å². The lowest BCUT2D eigenvalue weighted by atomic mass is 10.2. The average Bonchev–Trinajstić information content (AvgIpc) is 2.45. The minimum absolute atomic E-state index is 0.154. The highest BCUT2D eigenvalue weighted by Crippen LogP contribution is 2.19. The monoisotopic (exact) mass is 294 g/mol. The summed E-state index contributed by atoms with van der Waals surface area (Å²) in [6, 6.07) is 8.98. The number of aliphatic hydroxyl groups excluding tert-OH is 1. The summed E-state index contributed by atoms with van der Waals surface area (Å²) in [5, 5.41) is 21.9. The number of hydrogen-bond donors (Lipinski definition) is 2. The van der Waals surface area contributed by atoms with Gasteiger partial charge in [0.05, 0.1) is 11.6 Å². The first kappa shape index (κ1) is 16.8. The van der Waals surface area contributed by atoms with Crippen LogP contribution in [0.2, 0.25) is 0 Å². The van der Waals surface area contributed by atoms with E-state index in [0.717, 1.165) is 6.54 Å². The Morgan fingerprint density at radius 3 is 2.90 bits per heavy atom. The van der Waals surface area contributed by atoms with Crippen LogP contribution in [0, 0.1) is 11.3 Å². The zero-order valence-electron chi connectivity index (χ0n) is 12.2. The molecule has 0 saturated heterocycles. The minimum Gasteiger partial charge on any atom is -0.491 e. The van der Waals surface area contributed by atoms with Crippen molar-refractivity contribution in [2.75, 3.05) is 26.0 Å². The first-order chi connectivity index (χ1) is 9.46. The third-order valence-electron chi connectivity index (χ3n) is 2.89. The summed E-state index contributed by atoms with van der Waals surface area (Å²) < 4.78 is 5.63. The Bertz CT molecular complexity index is 457. The van der Waals surface area contributed by atoms with E-state index in [1.165, 1.54) is 0 Å². The Kier molecular flexibility index (Phi) is 6.86. The van der Waals surface area contributed by atoms with Gasteiger partial charge in [0.25, 0.3) is 0 Å². The van der Waals surface area contributed by atoms with Gasteiger partial charge in [0.15, 0.2) is 0 Å². The van der Waals surface area contributed by atoms with E-state index >= 15 is 0 Å². The van der Waals surface area contributed by atoms with Crippen molar-refractivity contribution >= 4 is 11.8 Å². The molecule has 1 atom stereocenters. The van der Waals surface area contributed by atoms with Crippen LogP contribution in [-0.2, 0) is 0 Å². The van der Waals surface area contributed by atoms with Crippen LogP contribution in [0.1, 0.15) is 19.4 Å². The van der Waals surface area contributed by atoms with Crippen molar-refractivity contribution in [3.05, 3.63) is 29.8 Å². The summed E-state index contributed by atoms with van der Waals surface area (Å²) in [6.07, 6.45) is 1.50. The van der Waals surface area contributed by atoms with E-state index in [1.807, 2.05) is 0 Å². The van der Waals surface area contributed by atoms with Gasteiger partial charge in [-0.05, 0) is 38.3 Å². The maximum Gasteiger partial charge on any atom is 0.120 e. The number of nitrogens with zero attached hydrogens (tertiary/aromatic N) is 1. The molecule has 0 saturated carbocycles. The number of aliphatic hydroxyl groups is 1. The molecular weight excluding hydrogens is 272 g/mol. The SMILES string of the molecule is CSC(C)(C)CNCC(O)COc1cccc(C#N)c1. The Hall–Kier alpha value is -1.22. The summed E-state index contributed by atoms with van der Waals surface area (Å²) in [5.74, 6) is 0.604. The molecule has 0 aliphatic carbocycles. The van der Waals surface area contributed by atoms with E-state index in [4.69, 9.17) is 10.00 Å². The summed E-state index contributed by atoms with van der Waals surface area (Å²) in [6.45, 7) is 5.83. The first-order valence-corrected chi connectivity index (χ1v) is 7.76. The first-order valence-electron chi connectivity index (χ1n) is 6.54. The van der Waals surface area contributed by atoms with Gasteiger partial charge >= 0.3 is 0 Å². The molecule has 1 unspecified atom stereocenters. The van der Waals surface area contributed by atoms with E-state index < -0.39 is 6.10 Å². The van der Waals surface area contributed by atoms with Crippen molar-refractivity contribution in [2.45, 2.75) is 24.7 Å². The molecule has 1 aromatic carbocycles. The Morgan fingerprint density at radius 2 is 2.25 bits per heavy atom. The van der Waals surface area contributed by atoms with Crippen LogP contribution in [0.5, 0.6) is 5.75 Å². The predicted octanol–water partition coefficient (Wildman–Crippen LogP) is 2.03. The highest BCUT2D eigenvalue weighted by Gasteiger charge is 2.15. The van der Waals surface area contributed by atoms with Gasteiger partial charge in [-0.3, -0.25) is 0 Å². The van der Waals surface area contributed by atoms with Crippen LogP contribution in [0.4, 0.5) is 0 Å².